The molecule has 112 valence electrons. The molecule has 21 heavy (non-hydrogen) atoms. The SMILES string of the molecule is COc1ccc(CNC(C)c2cc3c(s2)CCCC3)cc1. The van der Waals surface area contributed by atoms with E-state index in [-0.39, 0.29) is 0 Å². The smallest absolute Gasteiger partial charge is 0.118 e. The van der Waals surface area contributed by atoms with Gasteiger partial charge in [0.2, 0.25) is 0 Å². The first-order valence-electron chi connectivity index (χ1n) is 7.74. The van der Waals surface area contributed by atoms with E-state index in [9.17, 15) is 0 Å². The summed E-state index contributed by atoms with van der Waals surface area (Å²) in [5, 5.41) is 3.63. The number of nitrogens with one attached hydrogen (secondary N) is 1. The van der Waals surface area contributed by atoms with Crippen molar-refractivity contribution in [3.05, 3.63) is 51.2 Å². The van der Waals surface area contributed by atoms with Crippen LogP contribution in [0.15, 0.2) is 30.3 Å². The summed E-state index contributed by atoms with van der Waals surface area (Å²) in [6.45, 7) is 3.16. The van der Waals surface area contributed by atoms with Crippen LogP contribution in [0, 0.1) is 0 Å². The predicted octanol–water partition coefficient (Wildman–Crippen LogP) is 4.49. The normalized spacial score (nSPS) is 15.5. The molecule has 3 heteroatoms. The Morgan fingerprint density at radius 1 is 1.19 bits per heavy atom. The van der Waals surface area contributed by atoms with Crippen LogP contribution in [0.2, 0.25) is 0 Å². The van der Waals surface area contributed by atoms with E-state index in [0.717, 1.165) is 12.3 Å². The first-order valence-corrected chi connectivity index (χ1v) is 8.55. The summed E-state index contributed by atoms with van der Waals surface area (Å²) in [5.74, 6) is 0.915. The number of methoxy groups -OCH3 is 1. The van der Waals surface area contributed by atoms with Gasteiger partial charge >= 0.3 is 0 Å². The molecule has 1 aliphatic carbocycles. The lowest BCUT2D eigenvalue weighted by Gasteiger charge is -2.12. The monoisotopic (exact) mass is 301 g/mol. The van der Waals surface area contributed by atoms with Gasteiger partial charge < -0.3 is 10.1 Å². The summed E-state index contributed by atoms with van der Waals surface area (Å²) in [6, 6.07) is 11.1. The van der Waals surface area contributed by atoms with Crippen molar-refractivity contribution in [1.29, 1.82) is 0 Å². The quantitative estimate of drug-likeness (QED) is 0.879. The Balaban J connectivity index is 1.60. The van der Waals surface area contributed by atoms with Crippen LogP contribution in [0.5, 0.6) is 5.75 Å². The van der Waals surface area contributed by atoms with E-state index in [4.69, 9.17) is 4.74 Å². The number of hydrogen-bond donors (Lipinski definition) is 1. The topological polar surface area (TPSA) is 21.3 Å². The Bertz CT molecular complexity index is 564. The van der Waals surface area contributed by atoms with Crippen LogP contribution >= 0.6 is 11.3 Å². The molecule has 1 N–H and O–H groups in total. The van der Waals surface area contributed by atoms with Crippen LogP contribution in [-0.2, 0) is 19.4 Å². The van der Waals surface area contributed by atoms with E-state index >= 15 is 0 Å². The van der Waals surface area contributed by atoms with E-state index in [2.05, 4.69) is 30.4 Å². The third-order valence-electron chi connectivity index (χ3n) is 4.21. The third-order valence-corrected chi connectivity index (χ3v) is 5.63. The fourth-order valence-electron chi connectivity index (χ4n) is 2.84. The number of aryl methyl sites for hydroxylation is 2. The average molecular weight is 301 g/mol. The molecular formula is C18H23NOS. The van der Waals surface area contributed by atoms with Crippen molar-refractivity contribution >= 4 is 11.3 Å². The summed E-state index contributed by atoms with van der Waals surface area (Å²) in [4.78, 5) is 3.10. The molecule has 0 saturated carbocycles. The van der Waals surface area contributed by atoms with Crippen molar-refractivity contribution in [1.82, 2.24) is 5.32 Å². The Hall–Kier alpha value is -1.32. The highest BCUT2D eigenvalue weighted by Gasteiger charge is 2.16. The van der Waals surface area contributed by atoms with Gasteiger partial charge in [0.15, 0.2) is 0 Å². The molecule has 1 aromatic heterocycles. The van der Waals surface area contributed by atoms with E-state index in [1.807, 2.05) is 23.5 Å². The zero-order valence-corrected chi connectivity index (χ0v) is 13.6. The Morgan fingerprint density at radius 3 is 2.67 bits per heavy atom. The molecule has 0 spiro atoms. The van der Waals surface area contributed by atoms with Gasteiger partial charge in [-0.05, 0) is 61.9 Å². The molecule has 1 atom stereocenters. The van der Waals surface area contributed by atoms with Crippen molar-refractivity contribution in [2.24, 2.45) is 0 Å². The predicted molar refractivity (Wildman–Crippen MR) is 89.2 cm³/mol. The second kappa shape index (κ2) is 6.63. The van der Waals surface area contributed by atoms with Gasteiger partial charge in [-0.15, -0.1) is 11.3 Å². The van der Waals surface area contributed by atoms with Crippen molar-refractivity contribution in [3.63, 3.8) is 0 Å². The molecule has 3 rings (SSSR count). The molecule has 1 aliphatic rings. The summed E-state index contributed by atoms with van der Waals surface area (Å²) in [5.41, 5.74) is 2.89. The van der Waals surface area contributed by atoms with Gasteiger partial charge in [0.1, 0.15) is 5.75 Å². The van der Waals surface area contributed by atoms with E-state index in [1.54, 1.807) is 17.6 Å². The number of fused-ring (bicyclic) bond motifs is 1. The lowest BCUT2D eigenvalue weighted by molar-refractivity contribution is 0.414. The Kier molecular flexibility index (Phi) is 4.61. The molecule has 2 aromatic rings. The fourth-order valence-corrected chi connectivity index (χ4v) is 4.13. The molecule has 2 nitrogen and oxygen atoms in total. The van der Waals surface area contributed by atoms with Gasteiger partial charge in [0.25, 0.3) is 0 Å². The zero-order chi connectivity index (χ0) is 14.7. The van der Waals surface area contributed by atoms with Crippen molar-refractivity contribution in [2.45, 2.75) is 45.2 Å². The molecule has 0 aliphatic heterocycles. The standard InChI is InChI=1S/C18H23NOS/c1-13(18-11-15-5-3-4-6-17(15)21-18)19-12-14-7-9-16(20-2)10-8-14/h7-11,13,19H,3-6,12H2,1-2H3. The molecule has 0 amide bonds. The van der Waals surface area contributed by atoms with Gasteiger partial charge in [-0.2, -0.15) is 0 Å². The highest BCUT2D eigenvalue weighted by molar-refractivity contribution is 7.12. The number of rotatable bonds is 5. The van der Waals surface area contributed by atoms with Gasteiger partial charge in [0, 0.05) is 22.3 Å². The van der Waals surface area contributed by atoms with E-state index < -0.39 is 0 Å². The molecule has 1 aromatic carbocycles. The maximum Gasteiger partial charge on any atom is 0.118 e. The van der Waals surface area contributed by atoms with Gasteiger partial charge in [0.05, 0.1) is 7.11 Å². The van der Waals surface area contributed by atoms with Crippen LogP contribution in [-0.4, -0.2) is 7.11 Å². The van der Waals surface area contributed by atoms with Crippen molar-refractivity contribution < 1.29 is 4.74 Å². The lowest BCUT2D eigenvalue weighted by atomic mass is 9.99. The first kappa shape index (κ1) is 14.6. The number of thiophene rings is 1. The second-order valence-electron chi connectivity index (χ2n) is 5.75. The average Bonchev–Trinajstić information content (AvgIpc) is 2.97. The van der Waals surface area contributed by atoms with Crippen LogP contribution in [0.4, 0.5) is 0 Å². The second-order valence-corrected chi connectivity index (χ2v) is 6.92. The van der Waals surface area contributed by atoms with Gasteiger partial charge in [-0.1, -0.05) is 12.1 Å². The van der Waals surface area contributed by atoms with Crippen LogP contribution in [0.3, 0.4) is 0 Å². The van der Waals surface area contributed by atoms with Gasteiger partial charge in [-0.3, -0.25) is 0 Å². The first-order chi connectivity index (χ1) is 10.3. The van der Waals surface area contributed by atoms with Crippen LogP contribution in [0.1, 0.15) is 46.7 Å². The number of ether oxygens (including phenoxy) is 1. The van der Waals surface area contributed by atoms with E-state index in [1.165, 1.54) is 36.1 Å². The molecule has 0 saturated heterocycles. The zero-order valence-electron chi connectivity index (χ0n) is 12.8. The molecule has 1 unspecified atom stereocenters. The summed E-state index contributed by atoms with van der Waals surface area (Å²) in [6.07, 6.45) is 5.28. The number of hydrogen-bond acceptors (Lipinski definition) is 3. The maximum absolute atomic E-state index is 5.19. The van der Waals surface area contributed by atoms with Crippen LogP contribution < -0.4 is 10.1 Å². The van der Waals surface area contributed by atoms with Crippen LogP contribution in [0.25, 0.3) is 0 Å². The van der Waals surface area contributed by atoms with Crippen molar-refractivity contribution in [2.75, 3.05) is 7.11 Å². The van der Waals surface area contributed by atoms with E-state index in [0.29, 0.717) is 6.04 Å². The molecule has 0 radical (unpaired) electrons. The van der Waals surface area contributed by atoms with Gasteiger partial charge in [-0.25, -0.2) is 0 Å². The minimum absolute atomic E-state index is 0.419. The Morgan fingerprint density at radius 2 is 1.95 bits per heavy atom. The molecule has 0 fully saturated rings. The summed E-state index contributed by atoms with van der Waals surface area (Å²) >= 11 is 2.00. The minimum atomic E-state index is 0.419. The fraction of sp³-hybridized carbons (Fsp3) is 0.444. The van der Waals surface area contributed by atoms with Crippen molar-refractivity contribution in [3.8, 4) is 5.75 Å². The summed E-state index contributed by atoms with van der Waals surface area (Å²) < 4.78 is 5.19. The lowest BCUT2D eigenvalue weighted by Crippen LogP contribution is -2.17. The summed E-state index contributed by atoms with van der Waals surface area (Å²) in [7, 11) is 1.70. The molecular weight excluding hydrogens is 278 g/mol. The highest BCUT2D eigenvalue weighted by Crippen LogP contribution is 2.32. The number of benzene rings is 1. The molecule has 0 bridgehead atoms. The Labute approximate surface area is 131 Å². The third kappa shape index (κ3) is 3.47. The highest BCUT2D eigenvalue weighted by atomic mass is 32.1. The molecule has 1 heterocycles. The largest absolute Gasteiger partial charge is 0.497 e. The minimum Gasteiger partial charge on any atom is -0.497 e. The maximum atomic E-state index is 5.19.